The molecule has 8 heteroatoms. The molecule has 2 aromatic carbocycles. The van der Waals surface area contributed by atoms with Crippen molar-refractivity contribution in [1.82, 2.24) is 9.88 Å². The standard InChI is InChI=1S/C27H26ClN5O2/c1-33(2)12-11-27(9-10-27)19-5-3-18(4-6-19)26(35)32-24-21(23-8-7-20(28)16-31-23)13-17(15-29)14-22(24)25(30)34/h3-8,13-14,16H,9-12H2,1-2H3,(H2,30,34)(H,32,35). The summed E-state index contributed by atoms with van der Waals surface area (Å²) < 4.78 is 0. The van der Waals surface area contributed by atoms with Gasteiger partial charge in [-0.1, -0.05) is 23.7 Å². The van der Waals surface area contributed by atoms with Crippen LogP contribution in [0.4, 0.5) is 5.69 Å². The monoisotopic (exact) mass is 487 g/mol. The van der Waals surface area contributed by atoms with Crippen LogP contribution in [-0.4, -0.2) is 42.3 Å². The molecule has 0 aliphatic heterocycles. The maximum atomic E-state index is 13.2. The number of carbonyl (C=O) groups excluding carboxylic acids is 2. The number of primary amides is 1. The molecule has 1 aromatic heterocycles. The summed E-state index contributed by atoms with van der Waals surface area (Å²) in [4.78, 5) is 31.9. The molecule has 3 aromatic rings. The van der Waals surface area contributed by atoms with Gasteiger partial charge in [-0.3, -0.25) is 14.6 Å². The van der Waals surface area contributed by atoms with E-state index in [9.17, 15) is 14.9 Å². The van der Waals surface area contributed by atoms with E-state index in [4.69, 9.17) is 17.3 Å². The van der Waals surface area contributed by atoms with Crippen molar-refractivity contribution in [3.8, 4) is 17.3 Å². The van der Waals surface area contributed by atoms with Gasteiger partial charge >= 0.3 is 0 Å². The van der Waals surface area contributed by atoms with Gasteiger partial charge in [0.05, 0.1) is 33.6 Å². The van der Waals surface area contributed by atoms with E-state index in [0.29, 0.717) is 21.8 Å². The van der Waals surface area contributed by atoms with Crippen molar-refractivity contribution < 1.29 is 9.59 Å². The third kappa shape index (κ3) is 5.35. The molecule has 3 N–H and O–H groups in total. The van der Waals surface area contributed by atoms with E-state index in [2.05, 4.69) is 29.3 Å². The quantitative estimate of drug-likeness (QED) is 0.482. The zero-order valence-electron chi connectivity index (χ0n) is 19.6. The molecule has 0 saturated heterocycles. The van der Waals surface area contributed by atoms with Gasteiger partial charge in [0.15, 0.2) is 0 Å². The number of pyridine rings is 1. The molecule has 0 atom stereocenters. The van der Waals surface area contributed by atoms with Crippen molar-refractivity contribution in [3.05, 3.63) is 82.0 Å². The number of nitrogens with two attached hydrogens (primary N) is 1. The largest absolute Gasteiger partial charge is 0.366 e. The van der Waals surface area contributed by atoms with Crippen molar-refractivity contribution in [2.45, 2.75) is 24.7 Å². The molecule has 178 valence electrons. The first-order valence-electron chi connectivity index (χ1n) is 11.3. The lowest BCUT2D eigenvalue weighted by atomic mass is 9.91. The second-order valence-electron chi connectivity index (χ2n) is 9.15. The third-order valence-corrected chi connectivity index (χ3v) is 6.65. The molecule has 0 spiro atoms. The van der Waals surface area contributed by atoms with E-state index in [1.54, 1.807) is 30.3 Å². The van der Waals surface area contributed by atoms with Gasteiger partial charge in [0.2, 0.25) is 0 Å². The molecule has 1 aliphatic carbocycles. The minimum Gasteiger partial charge on any atom is -0.366 e. The molecule has 1 heterocycles. The lowest BCUT2D eigenvalue weighted by Gasteiger charge is -2.19. The predicted octanol–water partition coefficient (Wildman–Crippen LogP) is 4.61. The fourth-order valence-corrected chi connectivity index (χ4v) is 4.32. The van der Waals surface area contributed by atoms with Gasteiger partial charge in [-0.2, -0.15) is 5.26 Å². The van der Waals surface area contributed by atoms with Gasteiger partial charge in [0.25, 0.3) is 11.8 Å². The SMILES string of the molecule is CN(C)CCC1(c2ccc(C(=O)Nc3c(C(N)=O)cc(C#N)cc3-c3ccc(Cl)cn3)cc2)CC1. The molecule has 35 heavy (non-hydrogen) atoms. The first-order chi connectivity index (χ1) is 16.7. The summed E-state index contributed by atoms with van der Waals surface area (Å²) in [5.74, 6) is -1.16. The average Bonchev–Trinajstić information content (AvgIpc) is 3.64. The number of anilines is 1. The van der Waals surface area contributed by atoms with Crippen molar-refractivity contribution >= 4 is 29.1 Å². The van der Waals surface area contributed by atoms with Gasteiger partial charge in [0.1, 0.15) is 0 Å². The molecule has 0 unspecified atom stereocenters. The van der Waals surface area contributed by atoms with Gasteiger partial charge in [-0.25, -0.2) is 0 Å². The summed E-state index contributed by atoms with van der Waals surface area (Å²) in [6.07, 6.45) is 4.83. The van der Waals surface area contributed by atoms with Crippen LogP contribution in [0, 0.1) is 11.3 Å². The minimum atomic E-state index is -0.764. The molecule has 2 amide bonds. The fourth-order valence-electron chi connectivity index (χ4n) is 4.21. The zero-order valence-corrected chi connectivity index (χ0v) is 20.4. The van der Waals surface area contributed by atoms with Gasteiger partial charge in [-0.15, -0.1) is 0 Å². The maximum absolute atomic E-state index is 13.2. The van der Waals surface area contributed by atoms with E-state index >= 15 is 0 Å². The van der Waals surface area contributed by atoms with Crippen LogP contribution in [0.1, 0.15) is 51.1 Å². The Morgan fingerprint density at radius 1 is 1.17 bits per heavy atom. The van der Waals surface area contributed by atoms with Crippen molar-refractivity contribution in [2.75, 3.05) is 26.0 Å². The zero-order chi connectivity index (χ0) is 25.2. The number of hydrogen-bond acceptors (Lipinski definition) is 5. The van der Waals surface area contributed by atoms with Crippen LogP contribution in [0.5, 0.6) is 0 Å². The summed E-state index contributed by atoms with van der Waals surface area (Å²) in [6, 6.07) is 15.8. The second-order valence-corrected chi connectivity index (χ2v) is 9.59. The van der Waals surface area contributed by atoms with E-state index in [1.165, 1.54) is 17.8 Å². The van der Waals surface area contributed by atoms with Gasteiger partial charge in [0, 0.05) is 17.3 Å². The number of rotatable bonds is 8. The predicted molar refractivity (Wildman–Crippen MR) is 136 cm³/mol. The highest BCUT2D eigenvalue weighted by Crippen LogP contribution is 2.51. The number of benzene rings is 2. The average molecular weight is 488 g/mol. The van der Waals surface area contributed by atoms with Crippen LogP contribution >= 0.6 is 11.6 Å². The Hall–Kier alpha value is -3.73. The van der Waals surface area contributed by atoms with Crippen LogP contribution in [0.15, 0.2) is 54.7 Å². The van der Waals surface area contributed by atoms with Crippen molar-refractivity contribution in [3.63, 3.8) is 0 Å². The first kappa shape index (κ1) is 24.4. The Balaban J connectivity index is 1.65. The Morgan fingerprint density at radius 2 is 1.89 bits per heavy atom. The van der Waals surface area contributed by atoms with E-state index < -0.39 is 11.8 Å². The maximum Gasteiger partial charge on any atom is 0.255 e. The highest BCUT2D eigenvalue weighted by Gasteiger charge is 2.43. The molecule has 7 nitrogen and oxygen atoms in total. The molecule has 1 aliphatic rings. The topological polar surface area (TPSA) is 112 Å². The number of nitrogens with one attached hydrogen (secondary N) is 1. The van der Waals surface area contributed by atoms with Crippen molar-refractivity contribution in [2.24, 2.45) is 5.73 Å². The molecule has 0 radical (unpaired) electrons. The van der Waals surface area contributed by atoms with Crippen LogP contribution in [0.3, 0.4) is 0 Å². The summed E-state index contributed by atoms with van der Waals surface area (Å²) in [5.41, 5.74) is 8.78. The van der Waals surface area contributed by atoms with Crippen LogP contribution < -0.4 is 11.1 Å². The van der Waals surface area contributed by atoms with E-state index in [0.717, 1.165) is 25.8 Å². The highest BCUT2D eigenvalue weighted by atomic mass is 35.5. The summed E-state index contributed by atoms with van der Waals surface area (Å²) in [7, 11) is 4.14. The number of aromatic nitrogens is 1. The second kappa shape index (κ2) is 9.87. The number of hydrogen-bond donors (Lipinski definition) is 2. The highest BCUT2D eigenvalue weighted by molar-refractivity contribution is 6.30. The lowest BCUT2D eigenvalue weighted by molar-refractivity contribution is 0.100. The van der Waals surface area contributed by atoms with E-state index in [1.807, 2.05) is 18.2 Å². The summed E-state index contributed by atoms with van der Waals surface area (Å²) in [5, 5.41) is 12.7. The molecular formula is C27H26ClN5O2. The molecule has 4 rings (SSSR count). The van der Waals surface area contributed by atoms with Crippen LogP contribution in [-0.2, 0) is 5.41 Å². The minimum absolute atomic E-state index is 0.0291. The number of carbonyl (C=O) groups is 2. The van der Waals surface area contributed by atoms with Crippen LogP contribution in [0.25, 0.3) is 11.3 Å². The Kier molecular flexibility index (Phi) is 6.88. The van der Waals surface area contributed by atoms with Gasteiger partial charge in [-0.05, 0) is 87.3 Å². The fraction of sp³-hybridized carbons (Fsp3) is 0.259. The smallest absolute Gasteiger partial charge is 0.255 e. The lowest BCUT2D eigenvalue weighted by Crippen LogP contribution is -2.20. The summed E-state index contributed by atoms with van der Waals surface area (Å²) in [6.45, 7) is 1.01. The normalized spacial score (nSPS) is 13.8. The number of halogens is 1. The number of nitriles is 1. The Morgan fingerprint density at radius 3 is 2.43 bits per heavy atom. The molecular weight excluding hydrogens is 462 g/mol. The summed E-state index contributed by atoms with van der Waals surface area (Å²) >= 11 is 5.97. The van der Waals surface area contributed by atoms with Crippen LogP contribution in [0.2, 0.25) is 5.02 Å². The first-order valence-corrected chi connectivity index (χ1v) is 11.7. The van der Waals surface area contributed by atoms with Gasteiger partial charge < -0.3 is 16.0 Å². The Bertz CT molecular complexity index is 1310. The third-order valence-electron chi connectivity index (χ3n) is 6.43. The van der Waals surface area contributed by atoms with Crippen molar-refractivity contribution in [1.29, 1.82) is 5.26 Å². The molecule has 0 bridgehead atoms. The number of amides is 2. The number of nitrogens with zero attached hydrogens (tertiary/aromatic N) is 3. The molecule has 1 fully saturated rings. The molecule has 1 saturated carbocycles. The Labute approximate surface area is 209 Å². The van der Waals surface area contributed by atoms with E-state index in [-0.39, 0.29) is 22.2 Å².